The molecule has 1 fully saturated rings. The molecule has 104 valence electrons. The topological polar surface area (TPSA) is 98.7 Å². The van der Waals surface area contributed by atoms with Crippen LogP contribution < -0.4 is 10.6 Å². The van der Waals surface area contributed by atoms with Crippen molar-refractivity contribution in [3.63, 3.8) is 0 Å². The van der Waals surface area contributed by atoms with Crippen LogP contribution in [0.2, 0.25) is 0 Å². The Morgan fingerprint density at radius 1 is 1.33 bits per heavy atom. The highest BCUT2D eigenvalue weighted by molar-refractivity contribution is 5.76. The van der Waals surface area contributed by atoms with Crippen molar-refractivity contribution in [3.8, 4) is 0 Å². The van der Waals surface area contributed by atoms with E-state index in [0.29, 0.717) is 12.3 Å². The van der Waals surface area contributed by atoms with Gasteiger partial charge in [0.05, 0.1) is 0 Å². The van der Waals surface area contributed by atoms with E-state index in [1.807, 2.05) is 0 Å². The zero-order valence-corrected chi connectivity index (χ0v) is 10.5. The molecule has 1 amide bonds. The molecule has 1 saturated heterocycles. The Bertz CT molecular complexity index is 277. The van der Waals surface area contributed by atoms with Crippen LogP contribution in [-0.4, -0.2) is 47.8 Å². The fourth-order valence-electron chi connectivity index (χ4n) is 2.07. The number of carboxylic acids is 1. The number of nitrogens with one attached hydrogen (secondary N) is 2. The molecule has 0 aromatic rings. The molecule has 0 bridgehead atoms. The molecule has 18 heavy (non-hydrogen) atoms. The van der Waals surface area contributed by atoms with Crippen LogP contribution >= 0.6 is 0 Å². The van der Waals surface area contributed by atoms with Gasteiger partial charge in [-0.3, -0.25) is 4.79 Å². The lowest BCUT2D eigenvalue weighted by molar-refractivity contribution is -0.147. The molecule has 0 saturated carbocycles. The highest BCUT2D eigenvalue weighted by atomic mass is 16.4. The molecule has 0 aromatic carbocycles. The van der Waals surface area contributed by atoms with Gasteiger partial charge in [-0.1, -0.05) is 0 Å². The van der Waals surface area contributed by atoms with Crippen molar-refractivity contribution in [1.29, 1.82) is 0 Å². The molecule has 4 N–H and O–H groups in total. The van der Waals surface area contributed by atoms with E-state index < -0.39 is 12.1 Å². The van der Waals surface area contributed by atoms with E-state index in [9.17, 15) is 9.59 Å². The maximum absolute atomic E-state index is 11.5. The quantitative estimate of drug-likeness (QED) is 0.503. The zero-order valence-electron chi connectivity index (χ0n) is 10.5. The summed E-state index contributed by atoms with van der Waals surface area (Å²) in [5.74, 6) is -0.702. The lowest BCUT2D eigenvalue weighted by Crippen LogP contribution is -2.31. The van der Waals surface area contributed by atoms with E-state index in [0.717, 1.165) is 32.4 Å². The lowest BCUT2D eigenvalue weighted by Gasteiger charge is -2.22. The third kappa shape index (κ3) is 5.97. The van der Waals surface area contributed by atoms with Crippen molar-refractivity contribution in [2.75, 3.05) is 19.6 Å². The zero-order chi connectivity index (χ0) is 13.4. The van der Waals surface area contributed by atoms with Gasteiger partial charge in [-0.25, -0.2) is 4.79 Å². The van der Waals surface area contributed by atoms with Crippen LogP contribution in [0.25, 0.3) is 0 Å². The van der Waals surface area contributed by atoms with Gasteiger partial charge in [-0.05, 0) is 38.3 Å². The van der Waals surface area contributed by atoms with Crippen LogP contribution in [0.3, 0.4) is 0 Å². The van der Waals surface area contributed by atoms with Crippen molar-refractivity contribution in [1.82, 2.24) is 10.6 Å². The number of aliphatic hydroxyl groups excluding tert-OH is 1. The average molecular weight is 258 g/mol. The molecule has 1 aliphatic heterocycles. The Morgan fingerprint density at radius 2 is 2.00 bits per heavy atom. The molecule has 1 heterocycles. The monoisotopic (exact) mass is 258 g/mol. The van der Waals surface area contributed by atoms with Crippen molar-refractivity contribution < 1.29 is 19.8 Å². The number of carboxylic acid groups (broad SMARTS) is 1. The molecule has 6 nitrogen and oxygen atoms in total. The molecule has 1 unspecified atom stereocenters. The standard InChI is InChI=1S/C12H22N2O4/c15-10(12(17)18)5-8-14-11(16)2-1-9-3-6-13-7-4-9/h9-10,13,15H,1-8H2,(H,14,16)(H,17,18). The van der Waals surface area contributed by atoms with Gasteiger partial charge in [-0.2, -0.15) is 0 Å². The summed E-state index contributed by atoms with van der Waals surface area (Å²) in [5.41, 5.74) is 0. The minimum absolute atomic E-state index is 0.0500. The number of hydrogen-bond acceptors (Lipinski definition) is 4. The minimum atomic E-state index is -1.39. The van der Waals surface area contributed by atoms with Crippen LogP contribution in [0, 0.1) is 5.92 Å². The second-order valence-corrected chi connectivity index (χ2v) is 4.72. The van der Waals surface area contributed by atoms with Gasteiger partial charge in [-0.15, -0.1) is 0 Å². The second-order valence-electron chi connectivity index (χ2n) is 4.72. The second kappa shape index (κ2) is 8.05. The van der Waals surface area contributed by atoms with Crippen LogP contribution in [-0.2, 0) is 9.59 Å². The van der Waals surface area contributed by atoms with Gasteiger partial charge in [0.1, 0.15) is 0 Å². The average Bonchev–Trinajstić information content (AvgIpc) is 2.37. The molecule has 1 rings (SSSR count). The number of carbonyl (C=O) groups is 2. The minimum Gasteiger partial charge on any atom is -0.479 e. The van der Waals surface area contributed by atoms with Gasteiger partial charge in [0.15, 0.2) is 6.10 Å². The van der Waals surface area contributed by atoms with Crippen LogP contribution in [0.1, 0.15) is 32.1 Å². The third-order valence-electron chi connectivity index (χ3n) is 3.26. The number of piperidine rings is 1. The summed E-state index contributed by atoms with van der Waals surface area (Å²) in [7, 11) is 0. The fraction of sp³-hybridized carbons (Fsp3) is 0.833. The number of carbonyl (C=O) groups excluding carboxylic acids is 1. The lowest BCUT2D eigenvalue weighted by atomic mass is 9.93. The first-order chi connectivity index (χ1) is 8.59. The summed E-state index contributed by atoms with van der Waals surface area (Å²) >= 11 is 0. The predicted molar refractivity (Wildman–Crippen MR) is 66.1 cm³/mol. The molecule has 1 aliphatic rings. The highest BCUT2D eigenvalue weighted by Crippen LogP contribution is 2.17. The fourth-order valence-corrected chi connectivity index (χ4v) is 2.07. The van der Waals surface area contributed by atoms with Crippen molar-refractivity contribution in [2.24, 2.45) is 5.92 Å². The van der Waals surface area contributed by atoms with Gasteiger partial charge < -0.3 is 20.8 Å². The molecule has 0 aliphatic carbocycles. The van der Waals surface area contributed by atoms with Crippen molar-refractivity contribution in [2.45, 2.75) is 38.2 Å². The van der Waals surface area contributed by atoms with Gasteiger partial charge in [0, 0.05) is 19.4 Å². The summed E-state index contributed by atoms with van der Waals surface area (Å²) in [6.45, 7) is 2.26. The molecular weight excluding hydrogens is 236 g/mol. The number of aliphatic hydroxyl groups is 1. The molecular formula is C12H22N2O4. The number of amides is 1. The van der Waals surface area contributed by atoms with E-state index in [2.05, 4.69) is 10.6 Å². The highest BCUT2D eigenvalue weighted by Gasteiger charge is 2.15. The van der Waals surface area contributed by atoms with Gasteiger partial charge in [0.2, 0.25) is 5.91 Å². The molecule has 0 aromatic heterocycles. The van der Waals surface area contributed by atoms with Crippen LogP contribution in [0.5, 0.6) is 0 Å². The van der Waals surface area contributed by atoms with E-state index >= 15 is 0 Å². The largest absolute Gasteiger partial charge is 0.479 e. The number of aliphatic carboxylic acids is 1. The van der Waals surface area contributed by atoms with Gasteiger partial charge >= 0.3 is 5.97 Å². The Labute approximate surface area is 107 Å². The Kier molecular flexibility index (Phi) is 6.67. The SMILES string of the molecule is O=C(CCC1CCNCC1)NCCC(O)C(=O)O. The normalized spacial score (nSPS) is 18.3. The summed E-state index contributed by atoms with van der Waals surface area (Å²) in [4.78, 5) is 21.8. The maximum Gasteiger partial charge on any atom is 0.332 e. The summed E-state index contributed by atoms with van der Waals surface area (Å²) < 4.78 is 0. The molecule has 6 heteroatoms. The number of hydrogen-bond donors (Lipinski definition) is 4. The predicted octanol–water partition coefficient (Wildman–Crippen LogP) is -0.282. The molecule has 0 spiro atoms. The first kappa shape index (κ1) is 14.9. The maximum atomic E-state index is 11.5. The third-order valence-corrected chi connectivity index (χ3v) is 3.26. The Hall–Kier alpha value is -1.14. The van der Waals surface area contributed by atoms with E-state index in [1.165, 1.54) is 0 Å². The smallest absolute Gasteiger partial charge is 0.332 e. The van der Waals surface area contributed by atoms with E-state index in [4.69, 9.17) is 10.2 Å². The first-order valence-corrected chi connectivity index (χ1v) is 6.48. The summed E-state index contributed by atoms with van der Waals surface area (Å²) in [6.07, 6.45) is 2.25. The van der Waals surface area contributed by atoms with Crippen molar-refractivity contribution in [3.05, 3.63) is 0 Å². The molecule has 0 radical (unpaired) electrons. The van der Waals surface area contributed by atoms with E-state index in [-0.39, 0.29) is 18.9 Å². The van der Waals surface area contributed by atoms with Crippen LogP contribution in [0.4, 0.5) is 0 Å². The molecule has 1 atom stereocenters. The Morgan fingerprint density at radius 3 is 2.61 bits per heavy atom. The summed E-state index contributed by atoms with van der Waals surface area (Å²) in [5, 5.41) is 23.4. The van der Waals surface area contributed by atoms with Gasteiger partial charge in [0.25, 0.3) is 0 Å². The van der Waals surface area contributed by atoms with Crippen molar-refractivity contribution >= 4 is 11.9 Å². The van der Waals surface area contributed by atoms with E-state index in [1.54, 1.807) is 0 Å². The summed E-state index contributed by atoms with van der Waals surface area (Å²) in [6, 6.07) is 0. The van der Waals surface area contributed by atoms with Crippen LogP contribution in [0.15, 0.2) is 0 Å². The Balaban J connectivity index is 2.04. The number of rotatable bonds is 7. The first-order valence-electron chi connectivity index (χ1n) is 6.48.